The molecule has 0 aliphatic carbocycles. The highest BCUT2D eigenvalue weighted by molar-refractivity contribution is 9.10. The van der Waals surface area contributed by atoms with Crippen LogP contribution in [0.5, 0.6) is 0 Å². The van der Waals surface area contributed by atoms with E-state index in [4.69, 9.17) is 0 Å². The van der Waals surface area contributed by atoms with Gasteiger partial charge in [-0.05, 0) is 65.2 Å². The Morgan fingerprint density at radius 2 is 1.71 bits per heavy atom. The van der Waals surface area contributed by atoms with Crippen LogP contribution < -0.4 is 4.90 Å². The number of sulfonamides is 1. The van der Waals surface area contributed by atoms with Gasteiger partial charge >= 0.3 is 0 Å². The molecule has 0 atom stereocenters. The molecule has 0 saturated carbocycles. The molecule has 0 amide bonds. The number of benzene rings is 1. The van der Waals surface area contributed by atoms with Gasteiger partial charge in [0.15, 0.2) is 0 Å². The zero-order valence-corrected chi connectivity index (χ0v) is 16.1. The first-order valence-electron chi connectivity index (χ1n) is 7.82. The maximum Gasteiger partial charge on any atom is 0.243 e. The molecule has 128 valence electrons. The minimum atomic E-state index is -3.43. The van der Waals surface area contributed by atoms with Crippen molar-refractivity contribution in [1.82, 2.24) is 9.29 Å². The van der Waals surface area contributed by atoms with Crippen molar-refractivity contribution in [1.29, 1.82) is 0 Å². The first-order chi connectivity index (χ1) is 11.4. The molecule has 24 heavy (non-hydrogen) atoms. The molecular weight excluding hydrogens is 390 g/mol. The van der Waals surface area contributed by atoms with E-state index in [-0.39, 0.29) is 0 Å². The number of aryl methyl sites for hydroxylation is 2. The van der Waals surface area contributed by atoms with Gasteiger partial charge in [0.05, 0.1) is 4.90 Å². The van der Waals surface area contributed by atoms with Gasteiger partial charge in [-0.1, -0.05) is 6.07 Å². The van der Waals surface area contributed by atoms with Crippen LogP contribution in [0.4, 0.5) is 5.82 Å². The number of nitrogens with zero attached hydrogens (tertiary/aromatic N) is 3. The van der Waals surface area contributed by atoms with Crippen molar-refractivity contribution in [3.63, 3.8) is 0 Å². The van der Waals surface area contributed by atoms with Crippen molar-refractivity contribution in [3.8, 4) is 0 Å². The summed E-state index contributed by atoms with van der Waals surface area (Å²) < 4.78 is 28.1. The third-order valence-electron chi connectivity index (χ3n) is 4.39. The number of pyridine rings is 1. The van der Waals surface area contributed by atoms with Gasteiger partial charge in [-0.25, -0.2) is 13.4 Å². The number of hydrogen-bond acceptors (Lipinski definition) is 4. The maximum absolute atomic E-state index is 12.8. The second-order valence-electron chi connectivity index (χ2n) is 5.97. The topological polar surface area (TPSA) is 53.5 Å². The zero-order chi connectivity index (χ0) is 17.3. The Morgan fingerprint density at radius 3 is 2.29 bits per heavy atom. The minimum Gasteiger partial charge on any atom is -0.354 e. The summed E-state index contributed by atoms with van der Waals surface area (Å²) in [7, 11) is -3.43. The molecule has 3 rings (SSSR count). The predicted molar refractivity (Wildman–Crippen MR) is 98.8 cm³/mol. The number of aromatic nitrogens is 1. The molecular formula is C17H20BrN3O2S. The van der Waals surface area contributed by atoms with Crippen molar-refractivity contribution in [2.45, 2.75) is 18.7 Å². The fraction of sp³-hybridized carbons (Fsp3) is 0.353. The van der Waals surface area contributed by atoms with Crippen molar-refractivity contribution < 1.29 is 8.42 Å². The van der Waals surface area contributed by atoms with E-state index in [0.717, 1.165) is 21.4 Å². The van der Waals surface area contributed by atoms with E-state index < -0.39 is 10.0 Å². The van der Waals surface area contributed by atoms with E-state index in [9.17, 15) is 8.42 Å². The van der Waals surface area contributed by atoms with Crippen LogP contribution >= 0.6 is 15.9 Å². The maximum atomic E-state index is 12.8. The molecule has 2 heterocycles. The third-order valence-corrected chi connectivity index (χ3v) is 6.75. The van der Waals surface area contributed by atoms with Gasteiger partial charge in [0, 0.05) is 36.8 Å². The Balaban J connectivity index is 1.73. The van der Waals surface area contributed by atoms with Crippen LogP contribution in [0.1, 0.15) is 11.1 Å². The Labute approximate surface area is 151 Å². The van der Waals surface area contributed by atoms with E-state index in [0.29, 0.717) is 31.1 Å². The average molecular weight is 410 g/mol. The highest BCUT2D eigenvalue weighted by atomic mass is 79.9. The predicted octanol–water partition coefficient (Wildman–Crippen LogP) is 2.97. The molecule has 0 bridgehead atoms. The molecule has 1 saturated heterocycles. The molecule has 0 spiro atoms. The fourth-order valence-electron chi connectivity index (χ4n) is 2.74. The standard InChI is InChI=1S/C17H20BrN3O2S/c1-13-3-5-16(11-14(13)2)24(22,23)21-9-7-20(8-10-21)17-6-4-15(18)12-19-17/h3-6,11-12H,7-10H2,1-2H3. The van der Waals surface area contributed by atoms with Gasteiger partial charge in [0.25, 0.3) is 0 Å². The second kappa shape index (κ2) is 6.82. The first kappa shape index (κ1) is 17.4. The second-order valence-corrected chi connectivity index (χ2v) is 8.83. The Morgan fingerprint density at radius 1 is 1.00 bits per heavy atom. The number of hydrogen-bond donors (Lipinski definition) is 0. The summed E-state index contributed by atoms with van der Waals surface area (Å²) in [5.41, 5.74) is 2.09. The van der Waals surface area contributed by atoms with Crippen LogP contribution in [0.15, 0.2) is 45.9 Å². The molecule has 5 nitrogen and oxygen atoms in total. The molecule has 1 aliphatic rings. The van der Waals surface area contributed by atoms with Crippen LogP contribution in [0.25, 0.3) is 0 Å². The van der Waals surface area contributed by atoms with Crippen LogP contribution in [-0.2, 0) is 10.0 Å². The van der Waals surface area contributed by atoms with E-state index in [1.165, 1.54) is 0 Å². The molecule has 1 aliphatic heterocycles. The van der Waals surface area contributed by atoms with Gasteiger partial charge in [0.2, 0.25) is 10.0 Å². The zero-order valence-electron chi connectivity index (χ0n) is 13.7. The minimum absolute atomic E-state index is 0.376. The van der Waals surface area contributed by atoms with Gasteiger partial charge in [-0.3, -0.25) is 0 Å². The molecule has 1 fully saturated rings. The third kappa shape index (κ3) is 3.48. The summed E-state index contributed by atoms with van der Waals surface area (Å²) in [4.78, 5) is 6.87. The molecule has 0 N–H and O–H groups in total. The van der Waals surface area contributed by atoms with E-state index in [2.05, 4.69) is 25.8 Å². The lowest BCUT2D eigenvalue weighted by Gasteiger charge is -2.34. The normalized spacial score (nSPS) is 16.4. The number of rotatable bonds is 3. The SMILES string of the molecule is Cc1ccc(S(=O)(=O)N2CCN(c3ccc(Br)cn3)CC2)cc1C. The summed E-state index contributed by atoms with van der Waals surface area (Å²) in [6.07, 6.45) is 1.76. The van der Waals surface area contributed by atoms with Crippen molar-refractivity contribution >= 4 is 31.8 Å². The van der Waals surface area contributed by atoms with Crippen molar-refractivity contribution in [2.24, 2.45) is 0 Å². The number of anilines is 1. The summed E-state index contributed by atoms with van der Waals surface area (Å²) in [5, 5.41) is 0. The summed E-state index contributed by atoms with van der Waals surface area (Å²) in [6, 6.07) is 9.20. The van der Waals surface area contributed by atoms with E-state index in [1.807, 2.05) is 32.0 Å². The average Bonchev–Trinajstić information content (AvgIpc) is 2.58. The molecule has 1 aromatic heterocycles. The van der Waals surface area contributed by atoms with Crippen LogP contribution in [0, 0.1) is 13.8 Å². The molecule has 0 radical (unpaired) electrons. The molecule has 7 heteroatoms. The van der Waals surface area contributed by atoms with Gasteiger partial charge in [-0.15, -0.1) is 0 Å². The Bertz CT molecular complexity index is 829. The van der Waals surface area contributed by atoms with Gasteiger partial charge < -0.3 is 4.90 Å². The monoisotopic (exact) mass is 409 g/mol. The van der Waals surface area contributed by atoms with Crippen LogP contribution in [0.2, 0.25) is 0 Å². The summed E-state index contributed by atoms with van der Waals surface area (Å²) in [5.74, 6) is 0.876. The molecule has 2 aromatic rings. The van der Waals surface area contributed by atoms with Crippen LogP contribution in [-0.4, -0.2) is 43.9 Å². The lowest BCUT2D eigenvalue weighted by atomic mass is 10.1. The summed E-state index contributed by atoms with van der Waals surface area (Å²) >= 11 is 3.37. The fourth-order valence-corrected chi connectivity index (χ4v) is 4.48. The lowest BCUT2D eigenvalue weighted by molar-refractivity contribution is 0.384. The molecule has 0 unspecified atom stereocenters. The van der Waals surface area contributed by atoms with E-state index >= 15 is 0 Å². The highest BCUT2D eigenvalue weighted by Gasteiger charge is 2.29. The van der Waals surface area contributed by atoms with Crippen molar-refractivity contribution in [2.75, 3.05) is 31.1 Å². The molecule has 1 aromatic carbocycles. The Kier molecular flexibility index (Phi) is 4.94. The van der Waals surface area contributed by atoms with E-state index in [1.54, 1.807) is 22.6 Å². The number of halogens is 1. The number of piperazine rings is 1. The van der Waals surface area contributed by atoms with Gasteiger partial charge in [0.1, 0.15) is 5.82 Å². The largest absolute Gasteiger partial charge is 0.354 e. The van der Waals surface area contributed by atoms with Crippen LogP contribution in [0.3, 0.4) is 0 Å². The highest BCUT2D eigenvalue weighted by Crippen LogP contribution is 2.22. The van der Waals surface area contributed by atoms with Crippen molar-refractivity contribution in [3.05, 3.63) is 52.1 Å². The quantitative estimate of drug-likeness (QED) is 0.781. The lowest BCUT2D eigenvalue weighted by Crippen LogP contribution is -2.48. The summed E-state index contributed by atoms with van der Waals surface area (Å²) in [6.45, 7) is 6.12. The first-order valence-corrected chi connectivity index (χ1v) is 10.0. The Hall–Kier alpha value is -1.44. The smallest absolute Gasteiger partial charge is 0.243 e. The van der Waals surface area contributed by atoms with Gasteiger partial charge in [-0.2, -0.15) is 4.31 Å².